The van der Waals surface area contributed by atoms with Crippen molar-refractivity contribution in [2.24, 2.45) is 0 Å². The first kappa shape index (κ1) is 13.6. The number of ether oxygens (including phenoxy) is 2. The van der Waals surface area contributed by atoms with Crippen molar-refractivity contribution >= 4 is 17.6 Å². The van der Waals surface area contributed by atoms with Crippen molar-refractivity contribution in [2.75, 3.05) is 0 Å². The zero-order valence-corrected chi connectivity index (χ0v) is 9.84. The molecule has 1 aromatic carbocycles. The quantitative estimate of drug-likeness (QED) is 0.350. The molecule has 0 aromatic heterocycles. The SMILES string of the molecule is CC(=O)OCc1ccc(OC(C)=O)c([N+](=O)[O-])c1. The molecule has 0 fully saturated rings. The molecule has 0 aliphatic rings. The second-order valence-corrected chi connectivity index (χ2v) is 3.43. The molecule has 0 spiro atoms. The lowest BCUT2D eigenvalue weighted by Crippen LogP contribution is -2.05. The molecule has 0 atom stereocenters. The topological polar surface area (TPSA) is 95.7 Å². The Labute approximate surface area is 102 Å². The van der Waals surface area contributed by atoms with E-state index in [4.69, 9.17) is 9.47 Å². The van der Waals surface area contributed by atoms with E-state index in [0.29, 0.717) is 5.56 Å². The maximum Gasteiger partial charge on any atom is 0.312 e. The highest BCUT2D eigenvalue weighted by atomic mass is 16.6. The highest BCUT2D eigenvalue weighted by Gasteiger charge is 2.17. The molecule has 1 rings (SSSR count). The monoisotopic (exact) mass is 253 g/mol. The van der Waals surface area contributed by atoms with Gasteiger partial charge in [0.15, 0.2) is 0 Å². The summed E-state index contributed by atoms with van der Waals surface area (Å²) in [6.07, 6.45) is 0. The summed E-state index contributed by atoms with van der Waals surface area (Å²) < 4.78 is 9.41. The predicted molar refractivity (Wildman–Crippen MR) is 59.9 cm³/mol. The van der Waals surface area contributed by atoms with E-state index in [9.17, 15) is 19.7 Å². The summed E-state index contributed by atoms with van der Waals surface area (Å²) in [4.78, 5) is 31.5. The summed E-state index contributed by atoms with van der Waals surface area (Å²) in [5.74, 6) is -1.27. The number of nitro benzene ring substituents is 1. The van der Waals surface area contributed by atoms with Gasteiger partial charge in [-0.15, -0.1) is 0 Å². The molecule has 0 aliphatic heterocycles. The summed E-state index contributed by atoms with van der Waals surface area (Å²) in [5, 5.41) is 10.8. The second kappa shape index (κ2) is 5.76. The van der Waals surface area contributed by atoms with E-state index < -0.39 is 16.9 Å². The molecule has 0 aliphatic carbocycles. The Kier molecular flexibility index (Phi) is 4.36. The van der Waals surface area contributed by atoms with E-state index in [-0.39, 0.29) is 18.0 Å². The minimum atomic E-state index is -0.671. The molecule has 0 bridgehead atoms. The molecule has 96 valence electrons. The van der Waals surface area contributed by atoms with Gasteiger partial charge >= 0.3 is 17.6 Å². The second-order valence-electron chi connectivity index (χ2n) is 3.43. The maximum absolute atomic E-state index is 10.8. The van der Waals surface area contributed by atoms with Crippen molar-refractivity contribution in [2.45, 2.75) is 20.5 Å². The standard InChI is InChI=1S/C11H11NO6/c1-7(13)17-6-9-3-4-11(18-8(2)14)10(5-9)12(15)16/h3-5H,6H2,1-2H3. The zero-order chi connectivity index (χ0) is 13.7. The molecule has 7 nitrogen and oxygen atoms in total. The van der Waals surface area contributed by atoms with E-state index in [1.165, 1.54) is 25.1 Å². The largest absolute Gasteiger partial charge is 0.461 e. The highest BCUT2D eigenvalue weighted by molar-refractivity contribution is 5.71. The number of nitrogens with zero attached hydrogens (tertiary/aromatic N) is 1. The van der Waals surface area contributed by atoms with Crippen LogP contribution < -0.4 is 4.74 Å². The van der Waals surface area contributed by atoms with Crippen molar-refractivity contribution in [1.29, 1.82) is 0 Å². The molecule has 0 saturated heterocycles. The van der Waals surface area contributed by atoms with Crippen LogP contribution in [0.15, 0.2) is 18.2 Å². The summed E-state index contributed by atoms with van der Waals surface area (Å²) in [5.41, 5.74) is 0.0858. The van der Waals surface area contributed by atoms with E-state index in [1.54, 1.807) is 0 Å². The van der Waals surface area contributed by atoms with Gasteiger partial charge in [-0.2, -0.15) is 0 Å². The number of carbonyl (C=O) groups is 2. The van der Waals surface area contributed by atoms with Gasteiger partial charge in [-0.05, 0) is 11.6 Å². The third-order valence-corrected chi connectivity index (χ3v) is 1.92. The molecular formula is C11H11NO6. The van der Waals surface area contributed by atoms with Gasteiger partial charge in [-0.25, -0.2) is 0 Å². The Hall–Kier alpha value is -2.44. The van der Waals surface area contributed by atoms with Crippen molar-refractivity contribution in [3.8, 4) is 5.75 Å². The lowest BCUT2D eigenvalue weighted by Gasteiger charge is -2.05. The number of benzene rings is 1. The minimum absolute atomic E-state index is 0.0729. The van der Waals surface area contributed by atoms with Crippen LogP contribution in [0.5, 0.6) is 5.75 Å². The first-order valence-corrected chi connectivity index (χ1v) is 4.99. The lowest BCUT2D eigenvalue weighted by atomic mass is 10.2. The summed E-state index contributed by atoms with van der Waals surface area (Å²) in [6.45, 7) is 2.31. The van der Waals surface area contributed by atoms with Gasteiger partial charge in [0.1, 0.15) is 6.61 Å². The van der Waals surface area contributed by atoms with Crippen LogP contribution in [0.4, 0.5) is 5.69 Å². The van der Waals surface area contributed by atoms with Gasteiger partial charge in [0.05, 0.1) is 4.92 Å². The molecule has 0 amide bonds. The fourth-order valence-corrected chi connectivity index (χ4v) is 1.22. The molecule has 0 heterocycles. The summed E-state index contributed by atoms with van der Waals surface area (Å²) in [7, 11) is 0. The average molecular weight is 253 g/mol. The van der Waals surface area contributed by atoms with Gasteiger partial charge < -0.3 is 9.47 Å². The van der Waals surface area contributed by atoms with E-state index >= 15 is 0 Å². The maximum atomic E-state index is 10.8. The van der Waals surface area contributed by atoms with Crippen LogP contribution in [-0.2, 0) is 20.9 Å². The van der Waals surface area contributed by atoms with Gasteiger partial charge in [0.2, 0.25) is 5.75 Å². The number of rotatable bonds is 4. The highest BCUT2D eigenvalue weighted by Crippen LogP contribution is 2.28. The summed E-state index contributed by atoms with van der Waals surface area (Å²) in [6, 6.07) is 3.97. The molecule has 0 saturated carbocycles. The Morgan fingerprint density at radius 1 is 1.28 bits per heavy atom. The van der Waals surface area contributed by atoms with Crippen LogP contribution in [0.1, 0.15) is 19.4 Å². The van der Waals surface area contributed by atoms with Crippen LogP contribution >= 0.6 is 0 Å². The van der Waals surface area contributed by atoms with Crippen LogP contribution in [-0.4, -0.2) is 16.9 Å². The van der Waals surface area contributed by atoms with E-state index in [2.05, 4.69) is 0 Å². The lowest BCUT2D eigenvalue weighted by molar-refractivity contribution is -0.385. The molecule has 0 N–H and O–H groups in total. The fraction of sp³-hybridized carbons (Fsp3) is 0.273. The van der Waals surface area contributed by atoms with Crippen LogP contribution in [0.25, 0.3) is 0 Å². The number of hydrogen-bond donors (Lipinski definition) is 0. The Morgan fingerprint density at radius 2 is 1.94 bits per heavy atom. The number of nitro groups is 1. The van der Waals surface area contributed by atoms with Gasteiger partial charge in [0, 0.05) is 19.9 Å². The van der Waals surface area contributed by atoms with Crippen LogP contribution in [0.2, 0.25) is 0 Å². The van der Waals surface area contributed by atoms with Crippen molar-refractivity contribution in [1.82, 2.24) is 0 Å². The Bertz CT molecular complexity index is 496. The van der Waals surface area contributed by atoms with Crippen molar-refractivity contribution in [3.63, 3.8) is 0 Å². The van der Waals surface area contributed by atoms with E-state index in [0.717, 1.165) is 6.92 Å². The van der Waals surface area contributed by atoms with Gasteiger partial charge in [-0.3, -0.25) is 19.7 Å². The smallest absolute Gasteiger partial charge is 0.312 e. The van der Waals surface area contributed by atoms with Crippen molar-refractivity contribution in [3.05, 3.63) is 33.9 Å². The number of hydrogen-bond acceptors (Lipinski definition) is 6. The van der Waals surface area contributed by atoms with Gasteiger partial charge in [-0.1, -0.05) is 6.07 Å². The zero-order valence-electron chi connectivity index (χ0n) is 9.84. The van der Waals surface area contributed by atoms with Crippen LogP contribution in [0.3, 0.4) is 0 Å². The molecule has 18 heavy (non-hydrogen) atoms. The molecule has 1 aromatic rings. The molecular weight excluding hydrogens is 242 g/mol. The average Bonchev–Trinajstić information content (AvgIpc) is 2.26. The third kappa shape index (κ3) is 3.85. The first-order valence-electron chi connectivity index (χ1n) is 4.99. The van der Waals surface area contributed by atoms with E-state index in [1.807, 2.05) is 0 Å². The Balaban J connectivity index is 2.99. The minimum Gasteiger partial charge on any atom is -0.461 e. The molecule has 0 unspecified atom stereocenters. The van der Waals surface area contributed by atoms with Gasteiger partial charge in [0.25, 0.3) is 0 Å². The summed E-state index contributed by atoms with van der Waals surface area (Å²) >= 11 is 0. The number of carbonyl (C=O) groups excluding carboxylic acids is 2. The first-order chi connectivity index (χ1) is 8.40. The predicted octanol–water partition coefficient (Wildman–Crippen LogP) is 1.58. The molecule has 7 heteroatoms. The third-order valence-electron chi connectivity index (χ3n) is 1.92. The van der Waals surface area contributed by atoms with Crippen LogP contribution in [0, 0.1) is 10.1 Å². The normalized spacial score (nSPS) is 9.67. The Morgan fingerprint density at radius 3 is 2.44 bits per heavy atom. The number of esters is 2. The molecule has 0 radical (unpaired) electrons. The fourth-order valence-electron chi connectivity index (χ4n) is 1.22. The van der Waals surface area contributed by atoms with Crippen molar-refractivity contribution < 1.29 is 24.0 Å².